The van der Waals surface area contributed by atoms with Crippen molar-refractivity contribution in [3.63, 3.8) is 0 Å². The minimum Gasteiger partial charge on any atom is -0.397 e. The molecule has 0 spiro atoms. The Labute approximate surface area is 115 Å². The first kappa shape index (κ1) is 13.8. The van der Waals surface area contributed by atoms with Crippen LogP contribution in [0.1, 0.15) is 33.9 Å². The van der Waals surface area contributed by atoms with Crippen LogP contribution in [0.4, 0.5) is 10.7 Å². The Bertz CT molecular complexity index is 527. The molecule has 1 aliphatic heterocycles. The van der Waals surface area contributed by atoms with Crippen LogP contribution in [0.3, 0.4) is 0 Å². The van der Waals surface area contributed by atoms with Crippen LogP contribution in [-0.2, 0) is 4.74 Å². The Hall–Kier alpha value is -1.60. The number of primary amides is 1. The average Bonchev–Trinajstić information content (AvgIpc) is 2.67. The summed E-state index contributed by atoms with van der Waals surface area (Å²) in [5, 5.41) is 0.672. The fourth-order valence-corrected chi connectivity index (χ4v) is 3.31. The molecule has 1 aromatic heterocycles. The Morgan fingerprint density at radius 1 is 1.47 bits per heavy atom. The van der Waals surface area contributed by atoms with Crippen molar-refractivity contribution in [1.82, 2.24) is 0 Å². The van der Waals surface area contributed by atoms with Crippen molar-refractivity contribution in [3.8, 4) is 0 Å². The lowest BCUT2D eigenvalue weighted by Crippen LogP contribution is -2.41. The number of nitrogens with two attached hydrogens (primary N) is 2. The summed E-state index contributed by atoms with van der Waals surface area (Å²) in [4.78, 5) is 25.5. The van der Waals surface area contributed by atoms with Gasteiger partial charge in [0.2, 0.25) is 0 Å². The number of nitrogen functional groups attached to an aromatic ring is 1. The molecule has 1 saturated heterocycles. The van der Waals surface area contributed by atoms with E-state index < -0.39 is 5.91 Å². The summed E-state index contributed by atoms with van der Waals surface area (Å²) in [7, 11) is 0. The van der Waals surface area contributed by atoms with Crippen LogP contribution < -0.4 is 16.4 Å². The number of thiophene rings is 1. The maximum Gasteiger partial charge on any atom is 0.253 e. The van der Waals surface area contributed by atoms with E-state index >= 15 is 0 Å². The zero-order valence-corrected chi connectivity index (χ0v) is 11.8. The van der Waals surface area contributed by atoms with E-state index in [1.165, 1.54) is 18.3 Å². The predicted molar refractivity (Wildman–Crippen MR) is 74.9 cm³/mol. The fourth-order valence-electron chi connectivity index (χ4n) is 2.16. The zero-order valence-electron chi connectivity index (χ0n) is 10.9. The second-order valence-corrected chi connectivity index (χ2v) is 5.57. The lowest BCUT2D eigenvalue weighted by Gasteiger charge is -2.32. The molecule has 1 atom stereocenters. The monoisotopic (exact) mass is 283 g/mol. The van der Waals surface area contributed by atoms with Gasteiger partial charge in [0.05, 0.1) is 28.8 Å². The summed E-state index contributed by atoms with van der Waals surface area (Å²) in [5.74, 6) is -0.757. The van der Waals surface area contributed by atoms with Crippen LogP contribution in [0.15, 0.2) is 0 Å². The van der Waals surface area contributed by atoms with Crippen LogP contribution in [-0.4, -0.2) is 37.5 Å². The second kappa shape index (κ2) is 5.18. The third kappa shape index (κ3) is 2.57. The van der Waals surface area contributed by atoms with Crippen LogP contribution >= 0.6 is 11.3 Å². The van der Waals surface area contributed by atoms with Gasteiger partial charge in [0.25, 0.3) is 5.91 Å². The van der Waals surface area contributed by atoms with Crippen molar-refractivity contribution >= 4 is 33.7 Å². The molecule has 0 radical (unpaired) electrons. The zero-order chi connectivity index (χ0) is 14.2. The van der Waals surface area contributed by atoms with Gasteiger partial charge in [-0.2, -0.15) is 0 Å². The smallest absolute Gasteiger partial charge is 0.253 e. The van der Waals surface area contributed by atoms with Gasteiger partial charge < -0.3 is 21.1 Å². The molecule has 1 fully saturated rings. The second-order valence-electron chi connectivity index (χ2n) is 4.57. The third-order valence-corrected chi connectivity index (χ3v) is 4.39. The molecule has 1 aromatic rings. The number of Topliss-reactive ketones (excluding diaryl/α,β-unsaturated/α-hetero) is 1. The highest BCUT2D eigenvalue weighted by atomic mass is 32.1. The van der Waals surface area contributed by atoms with Gasteiger partial charge >= 0.3 is 0 Å². The summed E-state index contributed by atoms with van der Waals surface area (Å²) < 4.78 is 5.46. The molecule has 0 aliphatic carbocycles. The van der Waals surface area contributed by atoms with E-state index in [4.69, 9.17) is 16.2 Å². The highest BCUT2D eigenvalue weighted by molar-refractivity contribution is 7.19. The number of rotatable bonds is 3. The quantitative estimate of drug-likeness (QED) is 0.801. The van der Waals surface area contributed by atoms with E-state index in [2.05, 4.69) is 0 Å². The van der Waals surface area contributed by atoms with Gasteiger partial charge in [-0.25, -0.2) is 0 Å². The minimum atomic E-state index is -0.601. The van der Waals surface area contributed by atoms with Crippen LogP contribution in [0.5, 0.6) is 0 Å². The molecule has 2 rings (SSSR count). The van der Waals surface area contributed by atoms with E-state index in [0.29, 0.717) is 29.6 Å². The lowest BCUT2D eigenvalue weighted by molar-refractivity contribution is 0.0533. The van der Waals surface area contributed by atoms with Gasteiger partial charge in [-0.3, -0.25) is 9.59 Å². The Balaban J connectivity index is 2.46. The lowest BCUT2D eigenvalue weighted by atomic mass is 10.2. The molecule has 1 amide bonds. The number of ether oxygens (including phenoxy) is 1. The first-order valence-electron chi connectivity index (χ1n) is 6.01. The molecule has 0 saturated carbocycles. The van der Waals surface area contributed by atoms with Crippen molar-refractivity contribution in [3.05, 3.63) is 10.4 Å². The van der Waals surface area contributed by atoms with Crippen molar-refractivity contribution in [2.45, 2.75) is 20.0 Å². The molecule has 7 heteroatoms. The highest BCUT2D eigenvalue weighted by Crippen LogP contribution is 2.38. The summed E-state index contributed by atoms with van der Waals surface area (Å²) in [6.07, 6.45) is 0.0681. The molecule has 6 nitrogen and oxygen atoms in total. The molecule has 104 valence electrons. The number of amides is 1. The topological polar surface area (TPSA) is 98.6 Å². The number of morpholine rings is 1. The average molecular weight is 283 g/mol. The van der Waals surface area contributed by atoms with Gasteiger partial charge in [-0.05, 0) is 6.92 Å². The molecule has 1 unspecified atom stereocenters. The summed E-state index contributed by atoms with van der Waals surface area (Å²) in [6, 6.07) is 0. The van der Waals surface area contributed by atoms with Crippen LogP contribution in [0.2, 0.25) is 0 Å². The van der Waals surface area contributed by atoms with Crippen molar-refractivity contribution in [2.75, 3.05) is 30.3 Å². The van der Waals surface area contributed by atoms with Gasteiger partial charge in [-0.1, -0.05) is 0 Å². The van der Waals surface area contributed by atoms with E-state index in [-0.39, 0.29) is 23.1 Å². The molecule has 19 heavy (non-hydrogen) atoms. The third-order valence-electron chi connectivity index (χ3n) is 3.02. The predicted octanol–water partition coefficient (Wildman–Crippen LogP) is 0.857. The number of anilines is 2. The first-order chi connectivity index (χ1) is 8.91. The molecular weight excluding hydrogens is 266 g/mol. The van der Waals surface area contributed by atoms with Crippen LogP contribution in [0, 0.1) is 0 Å². The molecule has 0 bridgehead atoms. The van der Waals surface area contributed by atoms with Gasteiger partial charge in [0.15, 0.2) is 5.78 Å². The maximum absolute atomic E-state index is 11.6. The summed E-state index contributed by atoms with van der Waals surface area (Å²) in [5.41, 5.74) is 11.7. The largest absolute Gasteiger partial charge is 0.397 e. The Kier molecular flexibility index (Phi) is 3.77. The molecule has 0 aromatic carbocycles. The van der Waals surface area contributed by atoms with E-state index in [0.717, 1.165) is 0 Å². The van der Waals surface area contributed by atoms with Crippen molar-refractivity contribution in [2.24, 2.45) is 5.73 Å². The van der Waals surface area contributed by atoms with Crippen molar-refractivity contribution in [1.29, 1.82) is 0 Å². The molecule has 1 aliphatic rings. The van der Waals surface area contributed by atoms with Crippen molar-refractivity contribution < 1.29 is 14.3 Å². The number of ketones is 1. The van der Waals surface area contributed by atoms with E-state index in [1.807, 2.05) is 11.8 Å². The van der Waals surface area contributed by atoms with Gasteiger partial charge in [0, 0.05) is 20.0 Å². The first-order valence-corrected chi connectivity index (χ1v) is 6.83. The normalized spacial score (nSPS) is 19.5. The molecular formula is C12H17N3O3S. The highest BCUT2D eigenvalue weighted by Gasteiger charge is 2.28. The fraction of sp³-hybridized carbons (Fsp3) is 0.500. The van der Waals surface area contributed by atoms with E-state index in [9.17, 15) is 9.59 Å². The molecule has 4 N–H and O–H groups in total. The standard InChI is InChI=1S/C12H17N3O3S/c1-6-5-15(3-4-18-6)12-8(11(14)17)9(13)10(19-12)7(2)16/h6H,3-5,13H2,1-2H3,(H2,14,17). The number of hydrogen-bond acceptors (Lipinski definition) is 6. The Morgan fingerprint density at radius 3 is 2.68 bits per heavy atom. The number of carbonyl (C=O) groups is 2. The SMILES string of the molecule is CC(=O)c1sc(N2CCOC(C)C2)c(C(N)=O)c1N. The minimum absolute atomic E-state index is 0.0681. The summed E-state index contributed by atoms with van der Waals surface area (Å²) in [6.45, 7) is 5.27. The number of hydrogen-bond donors (Lipinski definition) is 2. The molecule has 2 heterocycles. The summed E-state index contributed by atoms with van der Waals surface area (Å²) >= 11 is 1.23. The maximum atomic E-state index is 11.6. The Morgan fingerprint density at radius 2 is 2.16 bits per heavy atom. The van der Waals surface area contributed by atoms with Gasteiger partial charge in [0.1, 0.15) is 5.00 Å². The van der Waals surface area contributed by atoms with Crippen LogP contribution in [0.25, 0.3) is 0 Å². The van der Waals surface area contributed by atoms with E-state index in [1.54, 1.807) is 0 Å². The van der Waals surface area contributed by atoms with Gasteiger partial charge in [-0.15, -0.1) is 11.3 Å². The number of nitrogens with zero attached hydrogens (tertiary/aromatic N) is 1. The number of carbonyl (C=O) groups excluding carboxylic acids is 2.